The number of nitrogens with zero attached hydrogens (tertiary/aromatic N) is 2. The van der Waals surface area contributed by atoms with E-state index in [1.807, 2.05) is 20.0 Å². The Labute approximate surface area is 83.9 Å². The molecule has 0 unspecified atom stereocenters. The highest BCUT2D eigenvalue weighted by Gasteiger charge is 2.02. The van der Waals surface area contributed by atoms with Crippen LogP contribution in [0.1, 0.15) is 6.92 Å². The summed E-state index contributed by atoms with van der Waals surface area (Å²) in [5.41, 5.74) is 0. The third kappa shape index (κ3) is 3.18. The fraction of sp³-hybridized carbons (Fsp3) is 0.556. The molecule has 1 atom stereocenters. The van der Waals surface area contributed by atoms with Crippen molar-refractivity contribution >= 4 is 11.6 Å². The normalized spacial score (nSPS) is 12.2. The molecule has 0 aliphatic heterocycles. The van der Waals surface area contributed by atoms with Crippen LogP contribution in [0.5, 0.6) is 0 Å². The first kappa shape index (κ1) is 10.7. The van der Waals surface area contributed by atoms with E-state index in [2.05, 4.69) is 20.6 Å². The van der Waals surface area contributed by atoms with E-state index in [4.69, 9.17) is 4.74 Å². The van der Waals surface area contributed by atoms with Crippen LogP contribution in [0.2, 0.25) is 0 Å². The lowest BCUT2D eigenvalue weighted by Crippen LogP contribution is -2.21. The molecule has 1 rings (SSSR count). The topological polar surface area (TPSA) is 59.1 Å². The molecule has 78 valence electrons. The number of anilines is 2. The monoisotopic (exact) mass is 196 g/mol. The average molecular weight is 196 g/mol. The van der Waals surface area contributed by atoms with Gasteiger partial charge >= 0.3 is 0 Å². The second kappa shape index (κ2) is 5.39. The van der Waals surface area contributed by atoms with E-state index in [-0.39, 0.29) is 6.04 Å². The molecule has 0 radical (unpaired) electrons. The Hall–Kier alpha value is -1.36. The zero-order valence-corrected chi connectivity index (χ0v) is 8.74. The molecule has 0 aliphatic rings. The molecular formula is C9H16N4O. The molecule has 1 aromatic heterocycles. The van der Waals surface area contributed by atoms with Crippen molar-refractivity contribution in [2.45, 2.75) is 13.0 Å². The minimum Gasteiger partial charge on any atom is -0.383 e. The van der Waals surface area contributed by atoms with Crippen LogP contribution in [-0.4, -0.2) is 36.8 Å². The lowest BCUT2D eigenvalue weighted by molar-refractivity contribution is 0.190. The molecular weight excluding hydrogens is 180 g/mol. The first-order valence-electron chi connectivity index (χ1n) is 4.51. The maximum Gasteiger partial charge on any atom is 0.131 e. The van der Waals surface area contributed by atoms with Crippen LogP contribution >= 0.6 is 0 Å². The molecule has 5 heteroatoms. The number of hydrogen-bond acceptors (Lipinski definition) is 5. The highest BCUT2D eigenvalue weighted by atomic mass is 16.5. The predicted octanol–water partition coefficient (Wildman–Crippen LogP) is 0.965. The summed E-state index contributed by atoms with van der Waals surface area (Å²) in [6, 6.07) is 2.09. The highest BCUT2D eigenvalue weighted by Crippen LogP contribution is 2.08. The summed E-state index contributed by atoms with van der Waals surface area (Å²) in [5, 5.41) is 6.15. The first-order chi connectivity index (χ1) is 6.76. The van der Waals surface area contributed by atoms with E-state index in [0.29, 0.717) is 6.61 Å². The summed E-state index contributed by atoms with van der Waals surface area (Å²) in [4.78, 5) is 8.11. The Morgan fingerprint density at radius 3 is 2.79 bits per heavy atom. The molecule has 1 heterocycles. The van der Waals surface area contributed by atoms with E-state index >= 15 is 0 Å². The molecule has 2 N–H and O–H groups in total. The average Bonchev–Trinajstić information content (AvgIpc) is 2.18. The summed E-state index contributed by atoms with van der Waals surface area (Å²) in [5.74, 6) is 1.60. The molecule has 0 saturated carbocycles. The predicted molar refractivity (Wildman–Crippen MR) is 56.5 cm³/mol. The zero-order valence-electron chi connectivity index (χ0n) is 8.74. The molecule has 0 amide bonds. The van der Waals surface area contributed by atoms with Gasteiger partial charge in [0.05, 0.1) is 6.61 Å². The molecule has 0 fully saturated rings. The number of hydrogen-bond donors (Lipinski definition) is 2. The summed E-state index contributed by atoms with van der Waals surface area (Å²) >= 11 is 0. The smallest absolute Gasteiger partial charge is 0.131 e. The molecule has 5 nitrogen and oxygen atoms in total. The fourth-order valence-electron chi connectivity index (χ4n) is 1.12. The third-order valence-corrected chi connectivity index (χ3v) is 1.73. The van der Waals surface area contributed by atoms with Crippen LogP contribution in [0.4, 0.5) is 11.6 Å². The van der Waals surface area contributed by atoms with Crippen molar-refractivity contribution in [1.82, 2.24) is 9.97 Å². The number of ether oxygens (including phenoxy) is 1. The van der Waals surface area contributed by atoms with Crippen LogP contribution in [0.25, 0.3) is 0 Å². The molecule has 0 aliphatic carbocycles. The molecule has 0 saturated heterocycles. The van der Waals surface area contributed by atoms with Crippen LogP contribution < -0.4 is 10.6 Å². The second-order valence-corrected chi connectivity index (χ2v) is 3.04. The lowest BCUT2D eigenvalue weighted by atomic mass is 10.3. The van der Waals surface area contributed by atoms with E-state index in [1.165, 1.54) is 6.33 Å². The van der Waals surface area contributed by atoms with Crippen molar-refractivity contribution in [1.29, 1.82) is 0 Å². The van der Waals surface area contributed by atoms with Gasteiger partial charge in [-0.05, 0) is 6.92 Å². The van der Waals surface area contributed by atoms with Crippen LogP contribution in [0.3, 0.4) is 0 Å². The molecule has 1 aromatic rings. The molecule has 0 spiro atoms. The Morgan fingerprint density at radius 2 is 2.14 bits per heavy atom. The van der Waals surface area contributed by atoms with Gasteiger partial charge in [0.1, 0.15) is 18.0 Å². The van der Waals surface area contributed by atoms with E-state index < -0.39 is 0 Å². The van der Waals surface area contributed by atoms with E-state index in [9.17, 15) is 0 Å². The number of nitrogens with one attached hydrogen (secondary N) is 2. The Kier molecular flexibility index (Phi) is 4.12. The molecule has 14 heavy (non-hydrogen) atoms. The van der Waals surface area contributed by atoms with Gasteiger partial charge < -0.3 is 15.4 Å². The highest BCUT2D eigenvalue weighted by molar-refractivity contribution is 5.46. The maximum absolute atomic E-state index is 5.01. The fourth-order valence-corrected chi connectivity index (χ4v) is 1.12. The standard InChI is InChI=1S/C9H16N4O/c1-7(5-14-3)13-9-4-8(10-2)11-6-12-9/h4,6-7H,5H2,1-3H3,(H2,10,11,12,13)/t7-/m0/s1. The summed E-state index contributed by atoms with van der Waals surface area (Å²) in [7, 11) is 3.50. The maximum atomic E-state index is 5.01. The molecule has 0 aromatic carbocycles. The van der Waals surface area contributed by atoms with E-state index in [0.717, 1.165) is 11.6 Å². The van der Waals surface area contributed by atoms with Gasteiger partial charge in [-0.15, -0.1) is 0 Å². The van der Waals surface area contributed by atoms with Crippen molar-refractivity contribution in [3.05, 3.63) is 12.4 Å². The van der Waals surface area contributed by atoms with Gasteiger partial charge in [-0.25, -0.2) is 9.97 Å². The van der Waals surface area contributed by atoms with Gasteiger partial charge in [-0.3, -0.25) is 0 Å². The van der Waals surface area contributed by atoms with Gasteiger partial charge in [0.2, 0.25) is 0 Å². The van der Waals surface area contributed by atoms with Gasteiger partial charge in [-0.1, -0.05) is 0 Å². The summed E-state index contributed by atoms with van der Waals surface area (Å²) in [6.45, 7) is 2.68. The van der Waals surface area contributed by atoms with Crippen LogP contribution in [-0.2, 0) is 4.74 Å². The van der Waals surface area contributed by atoms with Gasteiger partial charge in [0.15, 0.2) is 0 Å². The summed E-state index contributed by atoms with van der Waals surface area (Å²) < 4.78 is 5.01. The zero-order chi connectivity index (χ0) is 10.4. The van der Waals surface area contributed by atoms with Crippen molar-refractivity contribution in [3.63, 3.8) is 0 Å². The van der Waals surface area contributed by atoms with Crippen molar-refractivity contribution in [2.75, 3.05) is 31.4 Å². The summed E-state index contributed by atoms with van der Waals surface area (Å²) in [6.07, 6.45) is 1.52. The lowest BCUT2D eigenvalue weighted by Gasteiger charge is -2.13. The number of aromatic nitrogens is 2. The number of rotatable bonds is 5. The van der Waals surface area contributed by atoms with Gasteiger partial charge in [0.25, 0.3) is 0 Å². The largest absolute Gasteiger partial charge is 0.383 e. The van der Waals surface area contributed by atoms with Crippen molar-refractivity contribution in [2.24, 2.45) is 0 Å². The minimum absolute atomic E-state index is 0.236. The van der Waals surface area contributed by atoms with Gasteiger partial charge in [-0.2, -0.15) is 0 Å². The van der Waals surface area contributed by atoms with Crippen LogP contribution in [0, 0.1) is 0 Å². The Morgan fingerprint density at radius 1 is 1.43 bits per heavy atom. The third-order valence-electron chi connectivity index (χ3n) is 1.73. The SMILES string of the molecule is CNc1cc(N[C@@H](C)COC)ncn1. The Bertz CT molecular complexity index is 279. The minimum atomic E-state index is 0.236. The van der Waals surface area contributed by atoms with E-state index in [1.54, 1.807) is 7.11 Å². The quantitative estimate of drug-likeness (QED) is 0.734. The Balaban J connectivity index is 2.57. The van der Waals surface area contributed by atoms with Gasteiger partial charge in [0, 0.05) is 26.3 Å². The second-order valence-electron chi connectivity index (χ2n) is 3.04. The molecule has 0 bridgehead atoms. The number of methoxy groups -OCH3 is 1. The van der Waals surface area contributed by atoms with Crippen LogP contribution in [0.15, 0.2) is 12.4 Å². The first-order valence-corrected chi connectivity index (χ1v) is 4.51. The van der Waals surface area contributed by atoms with Crippen molar-refractivity contribution in [3.8, 4) is 0 Å². The van der Waals surface area contributed by atoms with Crippen molar-refractivity contribution < 1.29 is 4.74 Å².